The average Bonchev–Trinajstić information content (AvgIpc) is 3.37. The predicted molar refractivity (Wildman–Crippen MR) is 96.4 cm³/mol. The SMILES string of the molecule is COC[C@@H]1CN(Cc2cn[nH]c2-c2ccccc2)C[C@H]1c1nc(C)no1. The van der Waals surface area contributed by atoms with Crippen molar-refractivity contribution in [3.8, 4) is 11.3 Å². The molecule has 136 valence electrons. The number of rotatable bonds is 6. The van der Waals surface area contributed by atoms with Gasteiger partial charge in [0.05, 0.1) is 24.4 Å². The van der Waals surface area contributed by atoms with Crippen LogP contribution in [0, 0.1) is 12.8 Å². The summed E-state index contributed by atoms with van der Waals surface area (Å²) >= 11 is 0. The van der Waals surface area contributed by atoms with Crippen molar-refractivity contribution in [3.63, 3.8) is 0 Å². The summed E-state index contributed by atoms with van der Waals surface area (Å²) in [5, 5.41) is 11.3. The van der Waals surface area contributed by atoms with Crippen LogP contribution >= 0.6 is 0 Å². The van der Waals surface area contributed by atoms with Crippen LogP contribution in [-0.4, -0.2) is 52.0 Å². The monoisotopic (exact) mass is 353 g/mol. The highest BCUT2D eigenvalue weighted by atomic mass is 16.5. The zero-order valence-corrected chi connectivity index (χ0v) is 15.1. The predicted octanol–water partition coefficient (Wildman–Crippen LogP) is 2.63. The van der Waals surface area contributed by atoms with Crippen LogP contribution in [0.3, 0.4) is 0 Å². The Morgan fingerprint density at radius 3 is 2.85 bits per heavy atom. The Kier molecular flexibility index (Phi) is 4.81. The van der Waals surface area contributed by atoms with Gasteiger partial charge in [0.25, 0.3) is 0 Å². The molecule has 0 amide bonds. The summed E-state index contributed by atoms with van der Waals surface area (Å²) in [6.07, 6.45) is 1.91. The number of aromatic nitrogens is 4. The van der Waals surface area contributed by atoms with Crippen LogP contribution < -0.4 is 0 Å². The maximum atomic E-state index is 5.44. The lowest BCUT2D eigenvalue weighted by atomic mass is 9.97. The van der Waals surface area contributed by atoms with E-state index in [9.17, 15) is 0 Å². The highest BCUT2D eigenvalue weighted by Gasteiger charge is 2.37. The van der Waals surface area contributed by atoms with Crippen molar-refractivity contribution >= 4 is 0 Å². The van der Waals surface area contributed by atoms with Crippen LogP contribution in [0.2, 0.25) is 0 Å². The van der Waals surface area contributed by atoms with Crippen LogP contribution in [0.1, 0.15) is 23.2 Å². The molecule has 0 unspecified atom stereocenters. The summed E-state index contributed by atoms with van der Waals surface area (Å²) in [5.74, 6) is 1.92. The average molecular weight is 353 g/mol. The number of benzene rings is 1. The third-order valence-electron chi connectivity index (χ3n) is 4.93. The standard InChI is InChI=1S/C19H23N5O2/c1-13-21-19(26-23-13)17-11-24(10-16(17)12-25-2)9-15-8-20-22-18(15)14-6-4-3-5-7-14/h3-8,16-17H,9-12H2,1-2H3,(H,20,22)/t16-,17+/m0/s1. The van der Waals surface area contributed by atoms with E-state index < -0.39 is 0 Å². The fourth-order valence-corrected chi connectivity index (χ4v) is 3.74. The number of H-pyrrole nitrogens is 1. The summed E-state index contributed by atoms with van der Waals surface area (Å²) in [4.78, 5) is 6.85. The minimum atomic E-state index is 0.197. The first-order chi connectivity index (χ1) is 12.7. The minimum absolute atomic E-state index is 0.197. The molecular weight excluding hydrogens is 330 g/mol. The molecule has 1 aromatic carbocycles. The number of hydrogen-bond acceptors (Lipinski definition) is 6. The number of hydrogen-bond donors (Lipinski definition) is 1. The molecular formula is C19H23N5O2. The second kappa shape index (κ2) is 7.39. The van der Waals surface area contributed by atoms with Gasteiger partial charge < -0.3 is 9.26 Å². The zero-order valence-electron chi connectivity index (χ0n) is 15.1. The molecule has 1 fully saturated rings. The lowest BCUT2D eigenvalue weighted by Gasteiger charge is -2.15. The second-order valence-electron chi connectivity index (χ2n) is 6.83. The topological polar surface area (TPSA) is 80.1 Å². The van der Waals surface area contributed by atoms with Gasteiger partial charge in [0.15, 0.2) is 5.82 Å². The number of likely N-dealkylation sites (tertiary alicyclic amines) is 1. The van der Waals surface area contributed by atoms with Crippen LogP contribution in [0.15, 0.2) is 41.1 Å². The molecule has 1 aliphatic heterocycles. The Balaban J connectivity index is 1.52. The molecule has 3 heterocycles. The van der Waals surface area contributed by atoms with E-state index in [1.807, 2.05) is 31.3 Å². The lowest BCUT2D eigenvalue weighted by Crippen LogP contribution is -2.21. The fraction of sp³-hybridized carbons (Fsp3) is 0.421. The first kappa shape index (κ1) is 16.9. The molecule has 7 nitrogen and oxygen atoms in total. The highest BCUT2D eigenvalue weighted by Crippen LogP contribution is 2.33. The van der Waals surface area contributed by atoms with Crippen LogP contribution in [0.4, 0.5) is 0 Å². The van der Waals surface area contributed by atoms with E-state index in [0.29, 0.717) is 24.2 Å². The summed E-state index contributed by atoms with van der Waals surface area (Å²) < 4.78 is 10.9. The molecule has 2 aromatic heterocycles. The molecule has 1 saturated heterocycles. The molecule has 0 radical (unpaired) electrons. The van der Waals surface area contributed by atoms with Gasteiger partial charge in [0.2, 0.25) is 5.89 Å². The second-order valence-corrected chi connectivity index (χ2v) is 6.83. The number of ether oxygens (including phenoxy) is 1. The van der Waals surface area contributed by atoms with Crippen molar-refractivity contribution < 1.29 is 9.26 Å². The summed E-state index contributed by atoms with van der Waals surface area (Å²) in [7, 11) is 1.74. The molecule has 3 aromatic rings. The molecule has 0 bridgehead atoms. The Bertz CT molecular complexity index is 845. The molecule has 1 N–H and O–H groups in total. The number of nitrogens with zero attached hydrogens (tertiary/aromatic N) is 4. The Morgan fingerprint density at radius 1 is 1.27 bits per heavy atom. The third-order valence-corrected chi connectivity index (χ3v) is 4.93. The number of aryl methyl sites for hydroxylation is 1. The zero-order chi connectivity index (χ0) is 17.9. The molecule has 0 saturated carbocycles. The Morgan fingerprint density at radius 2 is 2.12 bits per heavy atom. The maximum Gasteiger partial charge on any atom is 0.231 e. The quantitative estimate of drug-likeness (QED) is 0.734. The van der Waals surface area contributed by atoms with Crippen molar-refractivity contribution in [1.29, 1.82) is 0 Å². The van der Waals surface area contributed by atoms with E-state index in [-0.39, 0.29) is 5.92 Å². The fourth-order valence-electron chi connectivity index (χ4n) is 3.74. The van der Waals surface area contributed by atoms with Gasteiger partial charge in [-0.1, -0.05) is 35.5 Å². The molecule has 26 heavy (non-hydrogen) atoms. The van der Waals surface area contributed by atoms with Crippen molar-refractivity contribution in [1.82, 2.24) is 25.2 Å². The first-order valence-corrected chi connectivity index (χ1v) is 8.83. The first-order valence-electron chi connectivity index (χ1n) is 8.83. The van der Waals surface area contributed by atoms with Gasteiger partial charge in [0.1, 0.15) is 0 Å². The largest absolute Gasteiger partial charge is 0.384 e. The molecule has 0 spiro atoms. The van der Waals surface area contributed by atoms with Gasteiger partial charge in [-0.25, -0.2) is 0 Å². The molecule has 4 rings (SSSR count). The van der Waals surface area contributed by atoms with Crippen molar-refractivity contribution in [3.05, 3.63) is 53.8 Å². The number of aromatic amines is 1. The van der Waals surface area contributed by atoms with Gasteiger partial charge in [-0.05, 0) is 12.5 Å². The van der Waals surface area contributed by atoms with E-state index in [1.165, 1.54) is 5.56 Å². The molecule has 0 aliphatic carbocycles. The molecule has 7 heteroatoms. The Labute approximate surface area is 152 Å². The van der Waals surface area contributed by atoms with Crippen LogP contribution in [0.25, 0.3) is 11.3 Å². The van der Waals surface area contributed by atoms with Crippen molar-refractivity contribution in [2.75, 3.05) is 26.8 Å². The minimum Gasteiger partial charge on any atom is -0.384 e. The van der Waals surface area contributed by atoms with E-state index >= 15 is 0 Å². The summed E-state index contributed by atoms with van der Waals surface area (Å²) in [6, 6.07) is 10.3. The Hall–Kier alpha value is -2.51. The van der Waals surface area contributed by atoms with E-state index in [2.05, 4.69) is 37.4 Å². The van der Waals surface area contributed by atoms with E-state index in [4.69, 9.17) is 9.26 Å². The van der Waals surface area contributed by atoms with Crippen LogP contribution in [0.5, 0.6) is 0 Å². The van der Waals surface area contributed by atoms with Crippen molar-refractivity contribution in [2.45, 2.75) is 19.4 Å². The normalized spacial score (nSPS) is 20.7. The van der Waals surface area contributed by atoms with Gasteiger partial charge in [0, 0.05) is 38.2 Å². The van der Waals surface area contributed by atoms with Crippen molar-refractivity contribution in [2.24, 2.45) is 5.92 Å². The number of nitrogens with one attached hydrogen (secondary N) is 1. The van der Waals surface area contributed by atoms with Gasteiger partial charge >= 0.3 is 0 Å². The van der Waals surface area contributed by atoms with Gasteiger partial charge in [-0.3, -0.25) is 10.00 Å². The maximum absolute atomic E-state index is 5.44. The third kappa shape index (κ3) is 3.40. The summed E-state index contributed by atoms with van der Waals surface area (Å²) in [6.45, 7) is 5.15. The van der Waals surface area contributed by atoms with E-state index in [0.717, 1.165) is 30.9 Å². The molecule has 1 aliphatic rings. The van der Waals surface area contributed by atoms with E-state index in [1.54, 1.807) is 7.11 Å². The van der Waals surface area contributed by atoms with Crippen LogP contribution in [-0.2, 0) is 11.3 Å². The molecule has 2 atom stereocenters. The highest BCUT2D eigenvalue weighted by molar-refractivity contribution is 5.62. The van der Waals surface area contributed by atoms with Gasteiger partial charge in [-0.15, -0.1) is 0 Å². The lowest BCUT2D eigenvalue weighted by molar-refractivity contribution is 0.142. The smallest absolute Gasteiger partial charge is 0.231 e. The van der Waals surface area contributed by atoms with Gasteiger partial charge in [-0.2, -0.15) is 10.1 Å². The number of methoxy groups -OCH3 is 1. The summed E-state index contributed by atoms with van der Waals surface area (Å²) in [5.41, 5.74) is 3.41.